The number of hydrogen-bond acceptors (Lipinski definition) is 3. The van der Waals surface area contributed by atoms with E-state index in [1.165, 1.54) is 0 Å². The van der Waals surface area contributed by atoms with Gasteiger partial charge >= 0.3 is 0 Å². The summed E-state index contributed by atoms with van der Waals surface area (Å²) in [5.41, 5.74) is 3.14. The molecule has 0 radical (unpaired) electrons. The molecule has 1 aromatic heterocycles. The standard InChI is InChI=1S/C17H17N3O/c1-13-12-14(8-9-16(13)21-2)19-17-18-10-11-20(17)15-6-4-3-5-7-15/h3-12H,1-2H3,(H,18,19). The Hall–Kier alpha value is -2.75. The Morgan fingerprint density at radius 1 is 1.10 bits per heavy atom. The maximum absolute atomic E-state index is 5.28. The van der Waals surface area contributed by atoms with E-state index in [1.54, 1.807) is 13.3 Å². The monoisotopic (exact) mass is 279 g/mol. The summed E-state index contributed by atoms with van der Waals surface area (Å²) in [6.45, 7) is 2.02. The third-order valence-corrected chi connectivity index (χ3v) is 3.33. The zero-order chi connectivity index (χ0) is 14.7. The number of imidazole rings is 1. The molecule has 21 heavy (non-hydrogen) atoms. The van der Waals surface area contributed by atoms with Crippen molar-refractivity contribution in [3.05, 3.63) is 66.5 Å². The summed E-state index contributed by atoms with van der Waals surface area (Å²) in [5, 5.41) is 3.34. The highest BCUT2D eigenvalue weighted by Gasteiger charge is 2.06. The molecule has 106 valence electrons. The number of rotatable bonds is 4. The third kappa shape index (κ3) is 2.74. The van der Waals surface area contributed by atoms with Gasteiger partial charge in [0, 0.05) is 23.8 Å². The first-order chi connectivity index (χ1) is 10.3. The van der Waals surface area contributed by atoms with Gasteiger partial charge in [0.2, 0.25) is 5.95 Å². The van der Waals surface area contributed by atoms with Gasteiger partial charge in [0.25, 0.3) is 0 Å². The molecule has 0 unspecified atom stereocenters. The van der Waals surface area contributed by atoms with Gasteiger partial charge in [0.15, 0.2) is 0 Å². The van der Waals surface area contributed by atoms with Crippen LogP contribution in [0.4, 0.5) is 11.6 Å². The topological polar surface area (TPSA) is 39.1 Å². The van der Waals surface area contributed by atoms with Crippen molar-refractivity contribution in [1.82, 2.24) is 9.55 Å². The van der Waals surface area contributed by atoms with Crippen molar-refractivity contribution in [2.24, 2.45) is 0 Å². The van der Waals surface area contributed by atoms with E-state index in [-0.39, 0.29) is 0 Å². The molecule has 4 nitrogen and oxygen atoms in total. The summed E-state index contributed by atoms with van der Waals surface area (Å²) < 4.78 is 7.29. The van der Waals surface area contributed by atoms with Crippen molar-refractivity contribution in [2.45, 2.75) is 6.92 Å². The van der Waals surface area contributed by atoms with Gasteiger partial charge in [0.05, 0.1) is 7.11 Å². The number of aryl methyl sites for hydroxylation is 1. The molecule has 2 aromatic carbocycles. The van der Waals surface area contributed by atoms with Crippen LogP contribution in [0.2, 0.25) is 0 Å². The van der Waals surface area contributed by atoms with Crippen molar-refractivity contribution in [1.29, 1.82) is 0 Å². The molecule has 0 amide bonds. The zero-order valence-corrected chi connectivity index (χ0v) is 12.1. The molecule has 0 aliphatic heterocycles. The summed E-state index contributed by atoms with van der Waals surface area (Å²) in [6, 6.07) is 16.1. The lowest BCUT2D eigenvalue weighted by Gasteiger charge is -2.11. The second-order valence-electron chi connectivity index (χ2n) is 4.77. The molecule has 0 atom stereocenters. The molecule has 0 fully saturated rings. The molecule has 0 saturated carbocycles. The van der Waals surface area contributed by atoms with Crippen molar-refractivity contribution in [3.63, 3.8) is 0 Å². The number of nitrogens with zero attached hydrogens (tertiary/aromatic N) is 2. The van der Waals surface area contributed by atoms with Crippen LogP contribution in [0.5, 0.6) is 5.75 Å². The molecule has 0 aliphatic rings. The lowest BCUT2D eigenvalue weighted by molar-refractivity contribution is 0.412. The summed E-state index contributed by atoms with van der Waals surface area (Å²) in [6.07, 6.45) is 3.72. The molecule has 1 N–H and O–H groups in total. The predicted octanol–water partition coefficient (Wildman–Crippen LogP) is 3.93. The van der Waals surface area contributed by atoms with Crippen LogP contribution in [0, 0.1) is 6.92 Å². The summed E-state index contributed by atoms with van der Waals surface area (Å²) in [4.78, 5) is 4.38. The van der Waals surface area contributed by atoms with Crippen LogP contribution in [0.3, 0.4) is 0 Å². The van der Waals surface area contributed by atoms with Crippen molar-refractivity contribution in [3.8, 4) is 11.4 Å². The number of anilines is 2. The number of para-hydroxylation sites is 1. The molecular formula is C17H17N3O. The molecule has 0 aliphatic carbocycles. The van der Waals surface area contributed by atoms with E-state index in [2.05, 4.69) is 10.3 Å². The number of aromatic nitrogens is 2. The van der Waals surface area contributed by atoms with Crippen molar-refractivity contribution < 1.29 is 4.74 Å². The van der Waals surface area contributed by atoms with E-state index in [4.69, 9.17) is 4.74 Å². The van der Waals surface area contributed by atoms with Crippen LogP contribution < -0.4 is 10.1 Å². The Labute approximate surface area is 124 Å². The molecule has 1 heterocycles. The maximum Gasteiger partial charge on any atom is 0.212 e. The van der Waals surface area contributed by atoms with Crippen LogP contribution >= 0.6 is 0 Å². The third-order valence-electron chi connectivity index (χ3n) is 3.33. The Balaban J connectivity index is 1.90. The number of hydrogen-bond donors (Lipinski definition) is 1. The summed E-state index contributed by atoms with van der Waals surface area (Å²) in [5.74, 6) is 1.66. The van der Waals surface area contributed by atoms with E-state index in [1.807, 2.05) is 66.2 Å². The van der Waals surface area contributed by atoms with E-state index in [0.717, 1.165) is 28.6 Å². The van der Waals surface area contributed by atoms with E-state index >= 15 is 0 Å². The van der Waals surface area contributed by atoms with Gasteiger partial charge in [-0.25, -0.2) is 4.98 Å². The largest absolute Gasteiger partial charge is 0.496 e. The zero-order valence-electron chi connectivity index (χ0n) is 12.1. The van der Waals surface area contributed by atoms with Crippen LogP contribution in [0.25, 0.3) is 5.69 Å². The highest BCUT2D eigenvalue weighted by molar-refractivity contribution is 5.59. The lowest BCUT2D eigenvalue weighted by atomic mass is 10.2. The average molecular weight is 279 g/mol. The van der Waals surface area contributed by atoms with Crippen LogP contribution in [0.1, 0.15) is 5.56 Å². The van der Waals surface area contributed by atoms with Crippen LogP contribution in [-0.2, 0) is 0 Å². The van der Waals surface area contributed by atoms with E-state index in [9.17, 15) is 0 Å². The molecule has 3 rings (SSSR count). The van der Waals surface area contributed by atoms with Gasteiger partial charge in [-0.1, -0.05) is 18.2 Å². The van der Waals surface area contributed by atoms with Gasteiger partial charge in [-0.15, -0.1) is 0 Å². The Morgan fingerprint density at radius 3 is 2.62 bits per heavy atom. The number of methoxy groups -OCH3 is 1. The minimum atomic E-state index is 0.783. The fourth-order valence-electron chi connectivity index (χ4n) is 2.28. The average Bonchev–Trinajstić information content (AvgIpc) is 2.96. The van der Waals surface area contributed by atoms with E-state index < -0.39 is 0 Å². The molecule has 3 aromatic rings. The number of nitrogens with one attached hydrogen (secondary N) is 1. The Bertz CT molecular complexity index is 735. The van der Waals surface area contributed by atoms with Crippen LogP contribution in [0.15, 0.2) is 60.9 Å². The van der Waals surface area contributed by atoms with Crippen molar-refractivity contribution >= 4 is 11.6 Å². The summed E-state index contributed by atoms with van der Waals surface area (Å²) >= 11 is 0. The lowest BCUT2D eigenvalue weighted by Crippen LogP contribution is -2.01. The molecule has 0 saturated heterocycles. The second kappa shape index (κ2) is 5.71. The smallest absolute Gasteiger partial charge is 0.212 e. The highest BCUT2D eigenvalue weighted by Crippen LogP contribution is 2.24. The quantitative estimate of drug-likeness (QED) is 0.786. The summed E-state index contributed by atoms with van der Waals surface area (Å²) in [7, 11) is 1.68. The van der Waals surface area contributed by atoms with Gasteiger partial charge in [-0.05, 0) is 42.8 Å². The van der Waals surface area contributed by atoms with E-state index in [0.29, 0.717) is 0 Å². The SMILES string of the molecule is COc1ccc(Nc2nccn2-c2ccccc2)cc1C. The predicted molar refractivity (Wildman–Crippen MR) is 84.6 cm³/mol. The molecular weight excluding hydrogens is 262 g/mol. The first-order valence-electron chi connectivity index (χ1n) is 6.78. The second-order valence-corrected chi connectivity index (χ2v) is 4.77. The van der Waals surface area contributed by atoms with Gasteiger partial charge < -0.3 is 10.1 Å². The molecule has 0 spiro atoms. The fraction of sp³-hybridized carbons (Fsp3) is 0.118. The Morgan fingerprint density at radius 2 is 1.90 bits per heavy atom. The van der Waals surface area contributed by atoms with Crippen LogP contribution in [-0.4, -0.2) is 16.7 Å². The van der Waals surface area contributed by atoms with Crippen molar-refractivity contribution in [2.75, 3.05) is 12.4 Å². The minimum absolute atomic E-state index is 0.783. The highest BCUT2D eigenvalue weighted by atomic mass is 16.5. The maximum atomic E-state index is 5.28. The first kappa shape index (κ1) is 13.2. The number of benzene rings is 2. The minimum Gasteiger partial charge on any atom is -0.496 e. The first-order valence-corrected chi connectivity index (χ1v) is 6.78. The normalized spacial score (nSPS) is 10.4. The van der Waals surface area contributed by atoms with Gasteiger partial charge in [0.1, 0.15) is 5.75 Å². The number of ether oxygens (including phenoxy) is 1. The van der Waals surface area contributed by atoms with Gasteiger partial charge in [-0.2, -0.15) is 0 Å². The molecule has 0 bridgehead atoms. The fourth-order valence-corrected chi connectivity index (χ4v) is 2.28. The molecule has 4 heteroatoms. The van der Waals surface area contributed by atoms with Gasteiger partial charge in [-0.3, -0.25) is 4.57 Å². The Kier molecular flexibility index (Phi) is 3.60.